The largest absolute Gasteiger partial charge is 0.342 e. The maximum absolute atomic E-state index is 13.3. The number of halogens is 1. The molecule has 0 radical (unpaired) electrons. The van der Waals surface area contributed by atoms with E-state index in [1.165, 1.54) is 37.8 Å². The van der Waals surface area contributed by atoms with Gasteiger partial charge in [0, 0.05) is 25.4 Å². The average molecular weight is 327 g/mol. The van der Waals surface area contributed by atoms with E-state index >= 15 is 0 Å². The monoisotopic (exact) mass is 327 g/mol. The number of rotatable bonds is 4. The number of nitrogens with zero attached hydrogens (tertiary/aromatic N) is 2. The first-order valence-electron chi connectivity index (χ1n) is 8.68. The molecule has 2 aromatic rings. The second-order valence-corrected chi connectivity index (χ2v) is 7.03. The summed E-state index contributed by atoms with van der Waals surface area (Å²) in [6.45, 7) is 0. The van der Waals surface area contributed by atoms with Gasteiger partial charge in [-0.1, -0.05) is 25.0 Å². The number of carbonyl (C=O) groups is 1. The maximum Gasteiger partial charge on any atom is 0.224 e. The number of hydrogen-bond acceptors (Lipinski definition) is 2. The molecule has 2 aliphatic carbocycles. The van der Waals surface area contributed by atoms with Crippen molar-refractivity contribution < 1.29 is 9.18 Å². The van der Waals surface area contributed by atoms with Crippen molar-refractivity contribution in [2.45, 2.75) is 31.7 Å². The molecule has 1 heterocycles. The Hall–Kier alpha value is -2.17. The van der Waals surface area contributed by atoms with Crippen molar-refractivity contribution in [2.75, 3.05) is 0 Å². The topological polar surface area (TPSA) is 46.9 Å². The lowest BCUT2D eigenvalue weighted by molar-refractivity contribution is -0.123. The molecule has 2 aliphatic rings. The molecule has 1 N–H and O–H groups in total. The molecule has 0 bridgehead atoms. The molecule has 126 valence electrons. The zero-order chi connectivity index (χ0) is 16.7. The van der Waals surface area contributed by atoms with Gasteiger partial charge in [-0.3, -0.25) is 4.79 Å². The third-order valence-electron chi connectivity index (χ3n) is 5.57. The minimum Gasteiger partial charge on any atom is -0.342 e. The van der Waals surface area contributed by atoms with Crippen LogP contribution in [0.2, 0.25) is 0 Å². The summed E-state index contributed by atoms with van der Waals surface area (Å²) in [6, 6.07) is 5.94. The van der Waals surface area contributed by atoms with Crippen LogP contribution in [0, 0.1) is 23.6 Å². The van der Waals surface area contributed by atoms with E-state index in [9.17, 15) is 9.18 Å². The van der Waals surface area contributed by atoms with Crippen LogP contribution in [0.25, 0.3) is 0 Å². The third-order valence-corrected chi connectivity index (χ3v) is 5.57. The summed E-state index contributed by atoms with van der Waals surface area (Å²) >= 11 is 0. The van der Waals surface area contributed by atoms with Crippen molar-refractivity contribution in [3.05, 3.63) is 53.9 Å². The molecule has 2 saturated carbocycles. The summed E-state index contributed by atoms with van der Waals surface area (Å²) in [5.74, 6) is 1.87. The number of aryl methyl sites for hydroxylation is 1. The van der Waals surface area contributed by atoms with Gasteiger partial charge in [0.15, 0.2) is 0 Å². The van der Waals surface area contributed by atoms with Crippen LogP contribution in [0.1, 0.15) is 43.1 Å². The first kappa shape index (κ1) is 15.4. The van der Waals surface area contributed by atoms with E-state index in [1.54, 1.807) is 18.3 Å². The number of nitrogens with one attached hydrogen (secondary N) is 1. The van der Waals surface area contributed by atoms with Crippen LogP contribution in [0.5, 0.6) is 0 Å². The lowest BCUT2D eigenvalue weighted by Crippen LogP contribution is -2.33. The normalized spacial score (nSPS) is 26.5. The van der Waals surface area contributed by atoms with Crippen molar-refractivity contribution in [2.24, 2.45) is 24.8 Å². The fourth-order valence-corrected chi connectivity index (χ4v) is 4.23. The molecule has 0 aliphatic heterocycles. The summed E-state index contributed by atoms with van der Waals surface area (Å²) in [5.41, 5.74) is 0.850. The Morgan fingerprint density at radius 1 is 1.25 bits per heavy atom. The molecule has 0 spiro atoms. The fourth-order valence-electron chi connectivity index (χ4n) is 4.23. The Bertz CT molecular complexity index is 727. The Balaban J connectivity index is 1.58. The third kappa shape index (κ3) is 2.72. The molecule has 4 rings (SSSR count). The quantitative estimate of drug-likeness (QED) is 0.937. The van der Waals surface area contributed by atoms with Crippen molar-refractivity contribution in [3.63, 3.8) is 0 Å². The van der Waals surface area contributed by atoms with Crippen LogP contribution >= 0.6 is 0 Å². The average Bonchev–Trinajstić information content (AvgIpc) is 3.18. The van der Waals surface area contributed by atoms with Gasteiger partial charge in [0.2, 0.25) is 5.91 Å². The molecule has 1 aromatic carbocycles. The van der Waals surface area contributed by atoms with Gasteiger partial charge in [-0.2, -0.15) is 0 Å². The summed E-state index contributed by atoms with van der Waals surface area (Å²) in [6.07, 6.45) is 8.40. The van der Waals surface area contributed by atoms with Crippen molar-refractivity contribution >= 4 is 5.91 Å². The summed E-state index contributed by atoms with van der Waals surface area (Å²) < 4.78 is 15.2. The van der Waals surface area contributed by atoms with Crippen LogP contribution in [0.4, 0.5) is 4.39 Å². The number of carbonyl (C=O) groups excluding carboxylic acids is 1. The standard InChI is InChI=1S/C19H22FN3O/c1-23-11-10-21-18(23)17(12-6-8-13(20)9-7-12)22-19(24)16-14-4-2-3-5-15(14)16/h6-11,14-17H,2-5H2,1H3,(H,22,24)/t14-,15-,17-/m1/s1. The fraction of sp³-hybridized carbons (Fsp3) is 0.474. The second kappa shape index (κ2) is 6.04. The highest BCUT2D eigenvalue weighted by molar-refractivity contribution is 5.83. The van der Waals surface area contributed by atoms with Gasteiger partial charge in [-0.15, -0.1) is 0 Å². The lowest BCUT2D eigenvalue weighted by Gasteiger charge is -2.19. The first-order valence-corrected chi connectivity index (χ1v) is 8.68. The Kier molecular flexibility index (Phi) is 3.87. The van der Waals surface area contributed by atoms with Crippen LogP contribution in [0.15, 0.2) is 36.7 Å². The SMILES string of the molecule is Cn1ccnc1[C@H](NC(=O)C1[C@@H]2CCCC[C@@H]12)c1ccc(F)cc1. The molecular weight excluding hydrogens is 305 g/mol. The van der Waals surface area contributed by atoms with Crippen LogP contribution in [-0.2, 0) is 11.8 Å². The highest BCUT2D eigenvalue weighted by Gasteiger charge is 2.55. The predicted molar refractivity (Wildman–Crippen MR) is 88.5 cm³/mol. The first-order chi connectivity index (χ1) is 11.6. The van der Waals surface area contributed by atoms with E-state index in [0.29, 0.717) is 11.8 Å². The zero-order valence-electron chi connectivity index (χ0n) is 13.8. The molecule has 0 unspecified atom stereocenters. The molecule has 3 atom stereocenters. The van der Waals surface area contributed by atoms with E-state index in [0.717, 1.165) is 11.4 Å². The smallest absolute Gasteiger partial charge is 0.224 e. The van der Waals surface area contributed by atoms with Crippen molar-refractivity contribution in [1.29, 1.82) is 0 Å². The van der Waals surface area contributed by atoms with E-state index in [1.807, 2.05) is 17.8 Å². The van der Waals surface area contributed by atoms with Crippen molar-refractivity contribution in [1.82, 2.24) is 14.9 Å². The van der Waals surface area contributed by atoms with Crippen LogP contribution in [-0.4, -0.2) is 15.5 Å². The Labute approximate surface area is 141 Å². The number of hydrogen-bond donors (Lipinski definition) is 1. The van der Waals surface area contributed by atoms with Gasteiger partial charge in [0.05, 0.1) is 0 Å². The molecule has 4 nitrogen and oxygen atoms in total. The number of amides is 1. The lowest BCUT2D eigenvalue weighted by atomic mass is 10.0. The van der Waals surface area contributed by atoms with Gasteiger partial charge in [-0.25, -0.2) is 9.37 Å². The second-order valence-electron chi connectivity index (χ2n) is 7.03. The van der Waals surface area contributed by atoms with Gasteiger partial charge >= 0.3 is 0 Å². The molecule has 0 saturated heterocycles. The van der Waals surface area contributed by atoms with Crippen molar-refractivity contribution in [3.8, 4) is 0 Å². The summed E-state index contributed by atoms with van der Waals surface area (Å²) in [4.78, 5) is 17.2. The van der Waals surface area contributed by atoms with E-state index in [-0.39, 0.29) is 23.7 Å². The molecule has 2 fully saturated rings. The minimum atomic E-state index is -0.347. The molecule has 5 heteroatoms. The number of fused-ring (bicyclic) bond motifs is 1. The van der Waals surface area contributed by atoms with Gasteiger partial charge < -0.3 is 9.88 Å². The van der Waals surface area contributed by atoms with Gasteiger partial charge in [0.1, 0.15) is 17.7 Å². The van der Waals surface area contributed by atoms with Crippen LogP contribution < -0.4 is 5.32 Å². The zero-order valence-corrected chi connectivity index (χ0v) is 13.8. The minimum absolute atomic E-state index is 0.115. The van der Waals surface area contributed by atoms with E-state index in [2.05, 4.69) is 10.3 Å². The number of benzene rings is 1. The summed E-state index contributed by atoms with van der Waals surface area (Å²) in [5, 5.41) is 3.17. The summed E-state index contributed by atoms with van der Waals surface area (Å²) in [7, 11) is 1.90. The molecular formula is C19H22FN3O. The predicted octanol–water partition coefficient (Wildman–Crippen LogP) is 3.20. The Morgan fingerprint density at radius 2 is 1.92 bits per heavy atom. The Morgan fingerprint density at radius 3 is 2.50 bits per heavy atom. The van der Waals surface area contributed by atoms with Crippen LogP contribution in [0.3, 0.4) is 0 Å². The highest BCUT2D eigenvalue weighted by Crippen LogP contribution is 2.55. The molecule has 1 aromatic heterocycles. The number of aromatic nitrogens is 2. The molecule has 24 heavy (non-hydrogen) atoms. The molecule has 1 amide bonds. The van der Waals surface area contributed by atoms with Gasteiger partial charge in [-0.05, 0) is 42.4 Å². The maximum atomic E-state index is 13.3. The number of imidazole rings is 1. The highest BCUT2D eigenvalue weighted by atomic mass is 19.1. The van der Waals surface area contributed by atoms with E-state index < -0.39 is 0 Å². The van der Waals surface area contributed by atoms with Gasteiger partial charge in [0.25, 0.3) is 0 Å². The van der Waals surface area contributed by atoms with E-state index in [4.69, 9.17) is 0 Å².